The average Bonchev–Trinajstić information content (AvgIpc) is 2.74. The molecule has 0 bridgehead atoms. The molecule has 28 heavy (non-hydrogen) atoms. The first-order valence-electron chi connectivity index (χ1n) is 8.80. The number of rotatable bonds is 5. The number of ether oxygens (including phenoxy) is 1. The fraction of sp³-hybridized carbons (Fsp3) is 0.0909. The van der Waals surface area contributed by atoms with E-state index in [1.807, 2.05) is 49.4 Å². The summed E-state index contributed by atoms with van der Waals surface area (Å²) in [5, 5.41) is 4.15. The van der Waals surface area contributed by atoms with E-state index < -0.39 is 0 Å². The summed E-state index contributed by atoms with van der Waals surface area (Å²) in [6, 6.07) is 13.4. The lowest BCUT2D eigenvalue weighted by molar-refractivity contribution is 0.415. The normalized spacial score (nSPS) is 10.6. The Morgan fingerprint density at radius 1 is 1.07 bits per heavy atom. The Balaban J connectivity index is 1.84. The van der Waals surface area contributed by atoms with Gasteiger partial charge in [0.2, 0.25) is 0 Å². The molecule has 0 unspecified atom stereocenters. The Hall–Kier alpha value is -3.80. The van der Waals surface area contributed by atoms with Gasteiger partial charge in [0.05, 0.1) is 24.0 Å². The van der Waals surface area contributed by atoms with Gasteiger partial charge in [0, 0.05) is 29.5 Å². The minimum absolute atomic E-state index is 0.582. The van der Waals surface area contributed by atoms with Crippen LogP contribution in [0.4, 0.5) is 5.82 Å². The lowest BCUT2D eigenvalue weighted by atomic mass is 10.1. The van der Waals surface area contributed by atoms with E-state index in [0.717, 1.165) is 33.5 Å². The molecular formula is C22H19N5O. The summed E-state index contributed by atoms with van der Waals surface area (Å²) < 4.78 is 5.37. The van der Waals surface area contributed by atoms with Gasteiger partial charge >= 0.3 is 0 Å². The number of hydrogen-bond donors (Lipinski definition) is 1. The lowest BCUT2D eigenvalue weighted by Gasteiger charge is -2.14. The van der Waals surface area contributed by atoms with Crippen LogP contribution in [0.5, 0.6) is 5.75 Å². The second-order valence-electron chi connectivity index (χ2n) is 6.29. The summed E-state index contributed by atoms with van der Waals surface area (Å²) in [4.78, 5) is 18.0. The van der Waals surface area contributed by atoms with E-state index in [1.54, 1.807) is 25.7 Å². The van der Waals surface area contributed by atoms with E-state index in [2.05, 4.69) is 26.8 Å². The van der Waals surface area contributed by atoms with Crippen molar-refractivity contribution >= 4 is 22.4 Å². The van der Waals surface area contributed by atoms with Gasteiger partial charge in [-0.1, -0.05) is 12.6 Å². The van der Waals surface area contributed by atoms with Crippen molar-refractivity contribution in [3.05, 3.63) is 78.9 Å². The highest BCUT2D eigenvalue weighted by molar-refractivity contribution is 5.95. The quantitative estimate of drug-likeness (QED) is 0.559. The molecule has 6 nitrogen and oxygen atoms in total. The number of hydrogen-bond acceptors (Lipinski definition) is 6. The van der Waals surface area contributed by atoms with E-state index in [9.17, 15) is 0 Å². The Bertz CT molecular complexity index is 1160. The Labute approximate surface area is 163 Å². The highest BCUT2D eigenvalue weighted by Crippen LogP contribution is 2.30. The number of fused-ring (bicyclic) bond motifs is 1. The minimum Gasteiger partial charge on any atom is -0.497 e. The molecule has 0 fully saturated rings. The fourth-order valence-electron chi connectivity index (χ4n) is 2.96. The molecule has 0 radical (unpaired) electrons. The van der Waals surface area contributed by atoms with Crippen LogP contribution in [0.25, 0.3) is 28.0 Å². The van der Waals surface area contributed by atoms with Crippen LogP contribution in [-0.2, 0) is 0 Å². The standard InChI is InChI=1S/C22H19N5O/c1-14-6-4-11-24-20(14)15(2)25-22-18-12-17(28-3)8-9-19(18)26-21(27-22)16-7-5-10-23-13-16/h4-13H,2H2,1,3H3,(H,25,26,27). The number of nitrogens with zero attached hydrogens (tertiary/aromatic N) is 4. The van der Waals surface area contributed by atoms with Gasteiger partial charge in [-0.25, -0.2) is 9.97 Å². The first-order valence-corrected chi connectivity index (χ1v) is 8.80. The zero-order valence-corrected chi connectivity index (χ0v) is 15.7. The highest BCUT2D eigenvalue weighted by Gasteiger charge is 2.13. The van der Waals surface area contributed by atoms with Crippen LogP contribution in [0, 0.1) is 6.92 Å². The molecule has 0 amide bonds. The van der Waals surface area contributed by atoms with E-state index in [4.69, 9.17) is 9.72 Å². The topological polar surface area (TPSA) is 72.8 Å². The molecule has 1 N–H and O–H groups in total. The summed E-state index contributed by atoms with van der Waals surface area (Å²) in [6.45, 7) is 6.15. The molecule has 0 aliphatic rings. The number of pyridine rings is 2. The molecule has 0 atom stereocenters. The maximum atomic E-state index is 5.37. The van der Waals surface area contributed by atoms with Gasteiger partial charge in [-0.05, 0) is 48.9 Å². The van der Waals surface area contributed by atoms with Gasteiger partial charge in [0.1, 0.15) is 11.6 Å². The van der Waals surface area contributed by atoms with E-state index >= 15 is 0 Å². The molecular weight excluding hydrogens is 350 g/mol. The molecule has 4 aromatic rings. The van der Waals surface area contributed by atoms with Crippen molar-refractivity contribution in [1.82, 2.24) is 19.9 Å². The molecule has 3 heterocycles. The Morgan fingerprint density at radius 3 is 2.68 bits per heavy atom. The molecule has 6 heteroatoms. The summed E-state index contributed by atoms with van der Waals surface area (Å²) in [5.41, 5.74) is 4.12. The first-order chi connectivity index (χ1) is 13.7. The number of benzene rings is 1. The predicted octanol–water partition coefficient (Wildman–Crippen LogP) is 4.49. The van der Waals surface area contributed by atoms with Gasteiger partial charge in [0.25, 0.3) is 0 Å². The number of anilines is 1. The van der Waals surface area contributed by atoms with Gasteiger partial charge in [0.15, 0.2) is 5.82 Å². The van der Waals surface area contributed by atoms with Crippen molar-refractivity contribution in [1.29, 1.82) is 0 Å². The SMILES string of the molecule is C=C(Nc1nc(-c2cccnc2)nc2ccc(OC)cc12)c1ncccc1C. The van der Waals surface area contributed by atoms with Crippen molar-refractivity contribution in [3.63, 3.8) is 0 Å². The van der Waals surface area contributed by atoms with Crippen LogP contribution in [0.3, 0.4) is 0 Å². The Morgan fingerprint density at radius 2 is 1.93 bits per heavy atom. The smallest absolute Gasteiger partial charge is 0.163 e. The largest absolute Gasteiger partial charge is 0.497 e. The third kappa shape index (κ3) is 3.40. The predicted molar refractivity (Wildman–Crippen MR) is 111 cm³/mol. The molecule has 4 rings (SSSR count). The zero-order chi connectivity index (χ0) is 19.5. The molecule has 0 saturated carbocycles. The number of methoxy groups -OCH3 is 1. The lowest BCUT2D eigenvalue weighted by Crippen LogP contribution is -2.05. The van der Waals surface area contributed by atoms with Crippen molar-refractivity contribution < 1.29 is 4.74 Å². The van der Waals surface area contributed by atoms with Crippen LogP contribution >= 0.6 is 0 Å². The molecule has 0 aliphatic carbocycles. The van der Waals surface area contributed by atoms with Crippen LogP contribution in [0.15, 0.2) is 67.6 Å². The summed E-state index contributed by atoms with van der Waals surface area (Å²) in [5.74, 6) is 1.95. The van der Waals surface area contributed by atoms with Gasteiger partial charge in [-0.15, -0.1) is 0 Å². The van der Waals surface area contributed by atoms with Crippen LogP contribution in [-0.4, -0.2) is 27.0 Å². The maximum Gasteiger partial charge on any atom is 0.163 e. The number of nitrogens with one attached hydrogen (secondary N) is 1. The van der Waals surface area contributed by atoms with Gasteiger partial charge < -0.3 is 10.1 Å². The molecule has 0 spiro atoms. The fourth-order valence-corrected chi connectivity index (χ4v) is 2.96. The van der Waals surface area contributed by atoms with Crippen molar-refractivity contribution in [2.24, 2.45) is 0 Å². The summed E-state index contributed by atoms with van der Waals surface area (Å²) in [6.07, 6.45) is 5.21. The van der Waals surface area contributed by atoms with Crippen LogP contribution in [0.1, 0.15) is 11.3 Å². The van der Waals surface area contributed by atoms with E-state index in [-0.39, 0.29) is 0 Å². The molecule has 0 aliphatic heterocycles. The van der Waals surface area contributed by atoms with Crippen molar-refractivity contribution in [3.8, 4) is 17.1 Å². The third-order valence-electron chi connectivity index (χ3n) is 4.39. The van der Waals surface area contributed by atoms with Crippen molar-refractivity contribution in [2.45, 2.75) is 6.92 Å². The highest BCUT2D eigenvalue weighted by atomic mass is 16.5. The Kier molecular flexibility index (Phi) is 4.68. The molecule has 0 saturated heterocycles. The van der Waals surface area contributed by atoms with Crippen molar-refractivity contribution in [2.75, 3.05) is 12.4 Å². The van der Waals surface area contributed by atoms with Crippen LogP contribution in [0.2, 0.25) is 0 Å². The van der Waals surface area contributed by atoms with Gasteiger partial charge in [-0.2, -0.15) is 0 Å². The van der Waals surface area contributed by atoms with Gasteiger partial charge in [-0.3, -0.25) is 9.97 Å². The molecule has 3 aromatic heterocycles. The average molecular weight is 369 g/mol. The summed E-state index contributed by atoms with van der Waals surface area (Å²) in [7, 11) is 1.63. The minimum atomic E-state index is 0.582. The second-order valence-corrected chi connectivity index (χ2v) is 6.29. The number of aryl methyl sites for hydroxylation is 1. The van der Waals surface area contributed by atoms with E-state index in [1.165, 1.54) is 0 Å². The van der Waals surface area contributed by atoms with Crippen LogP contribution < -0.4 is 10.1 Å². The maximum absolute atomic E-state index is 5.37. The monoisotopic (exact) mass is 369 g/mol. The second kappa shape index (κ2) is 7.44. The number of aromatic nitrogens is 4. The first kappa shape index (κ1) is 17.6. The zero-order valence-electron chi connectivity index (χ0n) is 15.7. The summed E-state index contributed by atoms with van der Waals surface area (Å²) >= 11 is 0. The van der Waals surface area contributed by atoms with E-state index in [0.29, 0.717) is 17.3 Å². The molecule has 138 valence electrons. The molecule has 1 aromatic carbocycles. The third-order valence-corrected chi connectivity index (χ3v) is 4.39.